The average molecular weight is 315 g/mol. The highest BCUT2D eigenvalue weighted by Gasteiger charge is 2.27. The largest absolute Gasteiger partial charge is 0.451 e. The van der Waals surface area contributed by atoms with Crippen LogP contribution < -0.4 is 5.56 Å². The average Bonchev–Trinajstić information content (AvgIpc) is 2.99. The second-order valence-electron chi connectivity index (χ2n) is 5.07. The van der Waals surface area contributed by atoms with Crippen LogP contribution in [-0.2, 0) is 14.3 Å². The molecule has 0 unspecified atom stereocenters. The third-order valence-electron chi connectivity index (χ3n) is 3.59. The van der Waals surface area contributed by atoms with Gasteiger partial charge in [-0.25, -0.2) is 9.89 Å². The van der Waals surface area contributed by atoms with Gasteiger partial charge in [0.25, 0.3) is 11.5 Å². The predicted octanol–water partition coefficient (Wildman–Crippen LogP) is 0.229. The molecule has 118 valence electrons. The monoisotopic (exact) mass is 315 g/mol. The van der Waals surface area contributed by atoms with Crippen molar-refractivity contribution in [1.29, 1.82) is 0 Å². The lowest BCUT2D eigenvalue weighted by atomic mass is 10.1. The number of aromatic amines is 1. The Hall–Kier alpha value is -3.03. The number of hydrogen-bond donors (Lipinski definition) is 1. The second kappa shape index (κ2) is 5.99. The van der Waals surface area contributed by atoms with Crippen molar-refractivity contribution in [1.82, 2.24) is 15.1 Å². The summed E-state index contributed by atoms with van der Waals surface area (Å²) in [5.41, 5.74) is -0.503. The molecule has 1 saturated heterocycles. The van der Waals surface area contributed by atoms with E-state index in [2.05, 4.69) is 10.2 Å². The molecule has 1 aliphatic heterocycles. The number of hydrogen-bond acceptors (Lipinski definition) is 6. The molecule has 0 atom stereocenters. The number of rotatable bonds is 3. The zero-order valence-electron chi connectivity index (χ0n) is 12.1. The summed E-state index contributed by atoms with van der Waals surface area (Å²) in [6, 6.07) is 6.45. The molecule has 3 rings (SSSR count). The van der Waals surface area contributed by atoms with Crippen molar-refractivity contribution in [3.05, 3.63) is 40.3 Å². The topological polar surface area (TPSA) is 109 Å². The van der Waals surface area contributed by atoms with Gasteiger partial charge in [-0.2, -0.15) is 5.10 Å². The van der Waals surface area contributed by atoms with E-state index in [1.165, 1.54) is 0 Å². The highest BCUT2D eigenvalue weighted by atomic mass is 16.5. The first-order valence-corrected chi connectivity index (χ1v) is 7.05. The van der Waals surface area contributed by atoms with Crippen LogP contribution in [0, 0.1) is 0 Å². The van der Waals surface area contributed by atoms with Gasteiger partial charge < -0.3 is 4.74 Å². The highest BCUT2D eigenvalue weighted by molar-refractivity contribution is 6.03. The number of aromatic nitrogens is 2. The summed E-state index contributed by atoms with van der Waals surface area (Å²) >= 11 is 0. The second-order valence-corrected chi connectivity index (χ2v) is 5.07. The summed E-state index contributed by atoms with van der Waals surface area (Å²) < 4.78 is 4.93. The first kappa shape index (κ1) is 14.9. The van der Waals surface area contributed by atoms with Crippen molar-refractivity contribution in [2.45, 2.75) is 12.8 Å². The third kappa shape index (κ3) is 2.83. The molecule has 2 heterocycles. The Bertz CT molecular complexity index is 858. The molecule has 2 aromatic rings. The van der Waals surface area contributed by atoms with Crippen molar-refractivity contribution < 1.29 is 19.1 Å². The summed E-state index contributed by atoms with van der Waals surface area (Å²) in [6.45, 7) is -0.200. The van der Waals surface area contributed by atoms with Crippen LogP contribution in [0.5, 0.6) is 0 Å². The van der Waals surface area contributed by atoms with E-state index < -0.39 is 24.0 Å². The Morgan fingerprint density at radius 3 is 2.65 bits per heavy atom. The molecule has 1 N–H and O–H groups in total. The van der Waals surface area contributed by atoms with Crippen LogP contribution in [-0.4, -0.2) is 46.0 Å². The van der Waals surface area contributed by atoms with Gasteiger partial charge in [0.15, 0.2) is 12.3 Å². The van der Waals surface area contributed by atoms with Crippen molar-refractivity contribution >= 4 is 28.6 Å². The molecule has 23 heavy (non-hydrogen) atoms. The Balaban J connectivity index is 1.77. The number of H-pyrrole nitrogens is 1. The molecule has 8 nitrogen and oxygen atoms in total. The van der Waals surface area contributed by atoms with Gasteiger partial charge in [-0.1, -0.05) is 18.2 Å². The van der Waals surface area contributed by atoms with E-state index in [0.717, 1.165) is 4.90 Å². The van der Waals surface area contributed by atoms with Gasteiger partial charge in [0.2, 0.25) is 5.91 Å². The summed E-state index contributed by atoms with van der Waals surface area (Å²) in [7, 11) is 0. The van der Waals surface area contributed by atoms with E-state index in [1.54, 1.807) is 24.3 Å². The lowest BCUT2D eigenvalue weighted by molar-refractivity contribution is -0.143. The van der Waals surface area contributed by atoms with E-state index in [9.17, 15) is 19.2 Å². The van der Waals surface area contributed by atoms with Crippen LogP contribution in [0.4, 0.5) is 0 Å². The summed E-state index contributed by atoms with van der Waals surface area (Å²) in [4.78, 5) is 48.2. The minimum absolute atomic E-state index is 0.0826. The van der Waals surface area contributed by atoms with Crippen LogP contribution in [0.15, 0.2) is 29.1 Å². The van der Waals surface area contributed by atoms with Crippen LogP contribution >= 0.6 is 0 Å². The molecule has 0 radical (unpaired) electrons. The van der Waals surface area contributed by atoms with E-state index >= 15 is 0 Å². The van der Waals surface area contributed by atoms with Gasteiger partial charge in [0.05, 0.1) is 5.39 Å². The van der Waals surface area contributed by atoms with E-state index in [1.807, 2.05) is 0 Å². The van der Waals surface area contributed by atoms with E-state index in [0.29, 0.717) is 30.2 Å². The van der Waals surface area contributed by atoms with Crippen LogP contribution in [0.25, 0.3) is 10.8 Å². The summed E-state index contributed by atoms with van der Waals surface area (Å²) in [5.74, 6) is -1.66. The number of benzene rings is 1. The van der Waals surface area contributed by atoms with E-state index in [4.69, 9.17) is 4.74 Å². The molecule has 8 heteroatoms. The number of carbonyl (C=O) groups is 3. The molecule has 1 aromatic carbocycles. The molecule has 0 bridgehead atoms. The fourth-order valence-electron chi connectivity index (χ4n) is 2.46. The van der Waals surface area contributed by atoms with Gasteiger partial charge >= 0.3 is 5.97 Å². The normalized spacial score (nSPS) is 14.3. The number of imide groups is 1. The Kier molecular flexibility index (Phi) is 3.88. The van der Waals surface area contributed by atoms with Gasteiger partial charge in [0.1, 0.15) is 0 Å². The van der Waals surface area contributed by atoms with E-state index in [-0.39, 0.29) is 11.6 Å². The fraction of sp³-hybridized carbons (Fsp3) is 0.267. The Morgan fingerprint density at radius 2 is 1.96 bits per heavy atom. The van der Waals surface area contributed by atoms with Gasteiger partial charge in [-0.05, 0) is 12.5 Å². The first-order valence-electron chi connectivity index (χ1n) is 7.05. The van der Waals surface area contributed by atoms with Crippen molar-refractivity contribution in [2.75, 3.05) is 13.2 Å². The number of amides is 2. The zero-order valence-corrected chi connectivity index (χ0v) is 12.1. The first-order chi connectivity index (χ1) is 11.1. The fourth-order valence-corrected chi connectivity index (χ4v) is 2.46. The SMILES string of the molecule is O=C(OCC(=O)N1CCCC1=O)c1n[nH]c(=O)c2ccccc12. The van der Waals surface area contributed by atoms with Crippen molar-refractivity contribution in [3.63, 3.8) is 0 Å². The van der Waals surface area contributed by atoms with Crippen LogP contribution in [0.2, 0.25) is 0 Å². The molecule has 1 aliphatic rings. The maximum atomic E-state index is 12.1. The maximum absolute atomic E-state index is 12.1. The van der Waals surface area contributed by atoms with Crippen LogP contribution in [0.3, 0.4) is 0 Å². The van der Waals surface area contributed by atoms with Crippen LogP contribution in [0.1, 0.15) is 23.3 Å². The number of esters is 1. The molecule has 0 aliphatic carbocycles. The van der Waals surface area contributed by atoms with Crippen molar-refractivity contribution in [2.24, 2.45) is 0 Å². The number of ether oxygens (including phenoxy) is 1. The van der Waals surface area contributed by atoms with Gasteiger partial charge in [-0.3, -0.25) is 19.3 Å². The quantitative estimate of drug-likeness (QED) is 0.812. The molecule has 1 aromatic heterocycles. The Morgan fingerprint density at radius 1 is 1.22 bits per heavy atom. The number of nitrogens with zero attached hydrogens (tertiary/aromatic N) is 2. The number of fused-ring (bicyclic) bond motifs is 1. The number of likely N-dealkylation sites (tertiary alicyclic amines) is 1. The molecule has 1 fully saturated rings. The minimum Gasteiger partial charge on any atom is -0.451 e. The molecular weight excluding hydrogens is 302 g/mol. The molecule has 2 amide bonds. The standard InChI is InChI=1S/C15H13N3O5/c19-11-6-3-7-18(11)12(20)8-23-15(22)13-9-4-1-2-5-10(9)14(21)17-16-13/h1-2,4-5H,3,6-8H2,(H,17,21). The highest BCUT2D eigenvalue weighted by Crippen LogP contribution is 2.14. The summed E-state index contributed by atoms with van der Waals surface area (Å²) in [6.07, 6.45) is 0.941. The Labute approximate surface area is 130 Å². The third-order valence-corrected chi connectivity index (χ3v) is 3.59. The minimum atomic E-state index is -0.836. The van der Waals surface area contributed by atoms with Crippen molar-refractivity contribution in [3.8, 4) is 0 Å². The lowest BCUT2D eigenvalue weighted by Crippen LogP contribution is -2.35. The predicted molar refractivity (Wildman–Crippen MR) is 78.6 cm³/mol. The zero-order chi connectivity index (χ0) is 16.4. The number of carbonyl (C=O) groups excluding carboxylic acids is 3. The van der Waals surface area contributed by atoms with Gasteiger partial charge in [0, 0.05) is 18.4 Å². The smallest absolute Gasteiger partial charge is 0.359 e. The maximum Gasteiger partial charge on any atom is 0.359 e. The molecular formula is C15H13N3O5. The lowest BCUT2D eigenvalue weighted by Gasteiger charge is -2.13. The summed E-state index contributed by atoms with van der Waals surface area (Å²) in [5, 5.41) is 6.55. The molecule has 0 spiro atoms. The molecule has 0 saturated carbocycles. The number of nitrogens with one attached hydrogen (secondary N) is 1. The van der Waals surface area contributed by atoms with Gasteiger partial charge in [-0.15, -0.1) is 0 Å².